The molecule has 0 saturated carbocycles. The first-order valence-corrected chi connectivity index (χ1v) is 10.1. The topological polar surface area (TPSA) is 67.2 Å². The molecular weight excluding hydrogens is 324 g/mol. The summed E-state index contributed by atoms with van der Waals surface area (Å²) in [5.41, 5.74) is 3.73. The molecule has 0 bridgehead atoms. The zero-order valence-corrected chi connectivity index (χ0v) is 15.0. The van der Waals surface area contributed by atoms with Crippen molar-refractivity contribution < 1.29 is 8.42 Å². The van der Waals surface area contributed by atoms with Gasteiger partial charge in [-0.05, 0) is 23.6 Å². The lowest BCUT2D eigenvalue weighted by Crippen LogP contribution is -2.42. The number of hydrogen-bond donors (Lipinski definition) is 1. The normalized spacial score (nSPS) is 18.5. The first-order chi connectivity index (χ1) is 11.4. The monoisotopic (exact) mass is 348 g/mol. The van der Waals surface area contributed by atoms with Gasteiger partial charge in [-0.25, -0.2) is 13.1 Å². The van der Waals surface area contributed by atoms with E-state index in [4.69, 9.17) is 0 Å². The van der Waals surface area contributed by atoms with E-state index in [9.17, 15) is 8.42 Å². The maximum Gasteiger partial charge on any atom is 0.208 e. The molecule has 0 radical (unpaired) electrons. The Morgan fingerprint density at radius 1 is 1.21 bits per heavy atom. The second-order valence-electron chi connectivity index (χ2n) is 6.38. The van der Waals surface area contributed by atoms with Gasteiger partial charge < -0.3 is 0 Å². The molecule has 130 valence electrons. The summed E-state index contributed by atoms with van der Waals surface area (Å²) in [6, 6.07) is 10.7. The predicted octanol–water partition coefficient (Wildman–Crippen LogP) is 1.55. The number of hydrogen-bond acceptors (Lipinski definition) is 4. The number of fused-ring (bicyclic) bond motifs is 1. The van der Waals surface area contributed by atoms with Crippen molar-refractivity contribution in [1.29, 1.82) is 0 Å². The predicted molar refractivity (Wildman–Crippen MR) is 94.0 cm³/mol. The summed E-state index contributed by atoms with van der Waals surface area (Å²) in [5, 5.41) is 4.36. The first-order valence-electron chi connectivity index (χ1n) is 8.22. The highest BCUT2D eigenvalue weighted by atomic mass is 32.2. The summed E-state index contributed by atoms with van der Waals surface area (Å²) in [6.45, 7) is 4.96. The third-order valence-corrected chi connectivity index (χ3v) is 5.06. The largest absolute Gasteiger partial charge is 0.291 e. The average Bonchev–Trinajstić information content (AvgIpc) is 3.01. The van der Waals surface area contributed by atoms with Crippen molar-refractivity contribution in [3.05, 3.63) is 53.3 Å². The van der Waals surface area contributed by atoms with Gasteiger partial charge in [-0.15, -0.1) is 0 Å². The van der Waals surface area contributed by atoms with E-state index < -0.39 is 10.0 Å². The van der Waals surface area contributed by atoms with Crippen molar-refractivity contribution in [3.8, 4) is 0 Å². The van der Waals surface area contributed by atoms with Gasteiger partial charge in [-0.3, -0.25) is 9.58 Å². The molecule has 2 heterocycles. The van der Waals surface area contributed by atoms with Crippen molar-refractivity contribution >= 4 is 10.0 Å². The number of benzene rings is 1. The van der Waals surface area contributed by atoms with Crippen LogP contribution in [0.4, 0.5) is 0 Å². The minimum Gasteiger partial charge on any atom is -0.291 e. The minimum atomic E-state index is -3.20. The summed E-state index contributed by atoms with van der Waals surface area (Å²) in [7, 11) is -3.20. The van der Waals surface area contributed by atoms with Crippen molar-refractivity contribution in [2.24, 2.45) is 0 Å². The zero-order chi connectivity index (χ0) is 17.2. The van der Waals surface area contributed by atoms with Crippen molar-refractivity contribution in [1.82, 2.24) is 19.4 Å². The zero-order valence-electron chi connectivity index (χ0n) is 14.1. The number of sulfonamides is 1. The van der Waals surface area contributed by atoms with Crippen LogP contribution in [0.15, 0.2) is 36.5 Å². The molecule has 1 aliphatic heterocycles. The van der Waals surface area contributed by atoms with Gasteiger partial charge in [0.05, 0.1) is 18.0 Å². The van der Waals surface area contributed by atoms with Crippen LogP contribution in [-0.2, 0) is 29.5 Å². The first kappa shape index (κ1) is 17.1. The second-order valence-corrected chi connectivity index (χ2v) is 8.21. The fourth-order valence-electron chi connectivity index (χ4n) is 3.12. The van der Waals surface area contributed by atoms with Crippen LogP contribution in [0.1, 0.15) is 29.8 Å². The van der Waals surface area contributed by atoms with Crippen molar-refractivity contribution in [2.75, 3.05) is 19.3 Å². The molecule has 6 nitrogen and oxygen atoms in total. The van der Waals surface area contributed by atoms with E-state index in [1.165, 1.54) is 17.4 Å². The number of aromatic nitrogens is 2. The van der Waals surface area contributed by atoms with Gasteiger partial charge in [-0.1, -0.05) is 31.2 Å². The fraction of sp³-hybridized carbons (Fsp3) is 0.471. The van der Waals surface area contributed by atoms with Crippen LogP contribution in [0.5, 0.6) is 0 Å². The molecule has 0 aliphatic carbocycles. The maximum atomic E-state index is 11.4. The molecule has 1 aromatic carbocycles. The third kappa shape index (κ3) is 4.23. The lowest BCUT2D eigenvalue weighted by molar-refractivity contribution is 0.168. The smallest absolute Gasteiger partial charge is 0.208 e. The molecule has 0 spiro atoms. The number of rotatable bonds is 6. The third-order valence-electron chi connectivity index (χ3n) is 4.37. The van der Waals surface area contributed by atoms with E-state index in [1.807, 2.05) is 10.7 Å². The molecule has 1 aliphatic rings. The lowest BCUT2D eigenvalue weighted by atomic mass is 10.1. The average molecular weight is 348 g/mol. The van der Waals surface area contributed by atoms with E-state index in [0.717, 1.165) is 31.7 Å². The molecule has 0 saturated heterocycles. The summed E-state index contributed by atoms with van der Waals surface area (Å²) in [5.74, 6) is 0. The summed E-state index contributed by atoms with van der Waals surface area (Å²) in [6.07, 6.45) is 4.01. The summed E-state index contributed by atoms with van der Waals surface area (Å²) in [4.78, 5) is 2.34. The number of aryl methyl sites for hydroxylation is 1. The second kappa shape index (κ2) is 7.04. The number of nitrogens with one attached hydrogen (secondary N) is 1. The maximum absolute atomic E-state index is 11.4. The Morgan fingerprint density at radius 2 is 1.92 bits per heavy atom. The Labute approximate surface area is 143 Å². The van der Waals surface area contributed by atoms with E-state index in [-0.39, 0.29) is 6.04 Å². The van der Waals surface area contributed by atoms with Gasteiger partial charge in [0.25, 0.3) is 0 Å². The molecule has 3 rings (SSSR count). The minimum absolute atomic E-state index is 0.00777. The van der Waals surface area contributed by atoms with Gasteiger partial charge in [-0.2, -0.15) is 5.10 Å². The van der Waals surface area contributed by atoms with E-state index in [0.29, 0.717) is 6.54 Å². The van der Waals surface area contributed by atoms with Crippen LogP contribution < -0.4 is 4.72 Å². The molecule has 7 heteroatoms. The van der Waals surface area contributed by atoms with Gasteiger partial charge in [0, 0.05) is 32.4 Å². The van der Waals surface area contributed by atoms with Crippen LogP contribution in [-0.4, -0.2) is 42.4 Å². The Morgan fingerprint density at radius 3 is 2.58 bits per heavy atom. The van der Waals surface area contributed by atoms with Gasteiger partial charge in [0.2, 0.25) is 10.0 Å². The van der Waals surface area contributed by atoms with Gasteiger partial charge in [0.15, 0.2) is 0 Å². The van der Waals surface area contributed by atoms with Crippen LogP contribution >= 0.6 is 0 Å². The SMILES string of the molecule is CCc1ccc(CN2Cc3ccnn3[C@@H](CNS(C)(=O)=O)C2)cc1. The van der Waals surface area contributed by atoms with Gasteiger partial charge >= 0.3 is 0 Å². The molecule has 0 fully saturated rings. The van der Waals surface area contributed by atoms with E-state index >= 15 is 0 Å². The molecule has 0 amide bonds. The highest BCUT2D eigenvalue weighted by Crippen LogP contribution is 2.22. The molecule has 1 N–H and O–H groups in total. The van der Waals surface area contributed by atoms with Crippen molar-refractivity contribution in [2.45, 2.75) is 32.5 Å². The van der Waals surface area contributed by atoms with E-state index in [2.05, 4.69) is 45.9 Å². The van der Waals surface area contributed by atoms with Crippen LogP contribution in [0.2, 0.25) is 0 Å². The standard InChI is InChI=1S/C17H24N4O2S/c1-3-14-4-6-15(7-5-14)11-20-12-16-8-9-18-21(16)17(13-20)10-19-24(2,22)23/h4-9,17,19H,3,10-13H2,1-2H3/t17-/m0/s1. The Bertz CT molecular complexity index is 783. The molecule has 2 aromatic rings. The van der Waals surface area contributed by atoms with Crippen molar-refractivity contribution in [3.63, 3.8) is 0 Å². The molecule has 1 atom stereocenters. The Balaban J connectivity index is 1.71. The highest BCUT2D eigenvalue weighted by molar-refractivity contribution is 7.88. The van der Waals surface area contributed by atoms with E-state index in [1.54, 1.807) is 6.20 Å². The summed E-state index contributed by atoms with van der Waals surface area (Å²) < 4.78 is 27.4. The summed E-state index contributed by atoms with van der Waals surface area (Å²) >= 11 is 0. The number of nitrogens with zero attached hydrogens (tertiary/aromatic N) is 3. The van der Waals surface area contributed by atoms with Crippen LogP contribution in [0.25, 0.3) is 0 Å². The van der Waals surface area contributed by atoms with Crippen LogP contribution in [0, 0.1) is 0 Å². The lowest BCUT2D eigenvalue weighted by Gasteiger charge is -2.34. The quantitative estimate of drug-likeness (QED) is 0.860. The highest BCUT2D eigenvalue weighted by Gasteiger charge is 2.26. The van der Waals surface area contributed by atoms with Crippen LogP contribution in [0.3, 0.4) is 0 Å². The van der Waals surface area contributed by atoms with Gasteiger partial charge in [0.1, 0.15) is 0 Å². The molecular formula is C17H24N4O2S. The Hall–Kier alpha value is -1.70. The fourth-order valence-corrected chi connectivity index (χ4v) is 3.62. The molecule has 0 unspecified atom stereocenters. The molecule has 24 heavy (non-hydrogen) atoms. The Kier molecular flexibility index (Phi) is 5.03. The molecule has 1 aromatic heterocycles.